The van der Waals surface area contributed by atoms with Crippen molar-refractivity contribution >= 4 is 63.2 Å². The van der Waals surface area contributed by atoms with Crippen LogP contribution in [0.2, 0.25) is 15.1 Å². The van der Waals surface area contributed by atoms with E-state index in [0.717, 1.165) is 12.1 Å². The Balaban J connectivity index is 2.47. The molecule has 0 atom stereocenters. The summed E-state index contributed by atoms with van der Waals surface area (Å²) in [4.78, 5) is 30.5. The Morgan fingerprint density at radius 1 is 0.692 bits per heavy atom. The van der Waals surface area contributed by atoms with Gasteiger partial charge in [-0.1, -0.05) is 34.8 Å². The summed E-state index contributed by atoms with van der Waals surface area (Å²) < 4.78 is 0. The number of rotatable bonds is 6. The molecule has 26 heavy (non-hydrogen) atoms. The first-order valence-electron chi connectivity index (χ1n) is 6.39. The minimum absolute atomic E-state index is 0.00611. The van der Waals surface area contributed by atoms with E-state index in [9.17, 15) is 30.3 Å². The average Bonchev–Trinajstić information content (AvgIpc) is 2.53. The van der Waals surface area contributed by atoms with Crippen molar-refractivity contribution in [3.8, 4) is 0 Å². The molecule has 0 radical (unpaired) electrons. The molecule has 0 aliphatic heterocycles. The Morgan fingerprint density at radius 3 is 1.62 bits per heavy atom. The number of halogens is 3. The maximum atomic E-state index is 11.2. The highest BCUT2D eigenvalue weighted by atomic mass is 35.5. The van der Waals surface area contributed by atoms with Crippen LogP contribution in [0.1, 0.15) is 0 Å². The van der Waals surface area contributed by atoms with Gasteiger partial charge in [0.05, 0.1) is 30.9 Å². The highest BCUT2D eigenvalue weighted by Gasteiger charge is 2.25. The predicted octanol–water partition coefficient (Wildman–Crippen LogP) is 4.81. The van der Waals surface area contributed by atoms with Crippen LogP contribution in [0.15, 0.2) is 24.3 Å². The molecule has 14 heteroatoms. The van der Waals surface area contributed by atoms with Crippen molar-refractivity contribution in [1.82, 2.24) is 0 Å². The van der Waals surface area contributed by atoms with Gasteiger partial charge in [0.1, 0.15) is 0 Å². The van der Waals surface area contributed by atoms with Crippen molar-refractivity contribution in [3.63, 3.8) is 0 Å². The number of hydrazine groups is 1. The Bertz CT molecular complexity index is 938. The fourth-order valence-corrected chi connectivity index (χ4v) is 2.69. The lowest BCUT2D eigenvalue weighted by Gasteiger charge is -2.13. The Labute approximate surface area is 158 Å². The number of nitrogens with one attached hydrogen (secondary N) is 2. The van der Waals surface area contributed by atoms with Gasteiger partial charge in [0.2, 0.25) is 0 Å². The lowest BCUT2D eigenvalue weighted by molar-refractivity contribution is -0.393. The van der Waals surface area contributed by atoms with Gasteiger partial charge >= 0.3 is 5.69 Å². The van der Waals surface area contributed by atoms with Gasteiger partial charge in [-0.15, -0.1) is 0 Å². The number of nitro groups is 3. The molecular formula is C12H6Cl3N5O6. The van der Waals surface area contributed by atoms with E-state index >= 15 is 0 Å². The summed E-state index contributed by atoms with van der Waals surface area (Å²) in [5.41, 5.74) is 2.28. The van der Waals surface area contributed by atoms with Crippen LogP contribution < -0.4 is 10.9 Å². The highest BCUT2D eigenvalue weighted by Crippen LogP contribution is 2.39. The molecule has 0 saturated carbocycles. The number of hydrogen-bond donors (Lipinski definition) is 2. The predicted molar refractivity (Wildman–Crippen MR) is 95.1 cm³/mol. The van der Waals surface area contributed by atoms with Crippen LogP contribution in [-0.4, -0.2) is 14.8 Å². The summed E-state index contributed by atoms with van der Waals surface area (Å²) in [6, 6.07) is 3.81. The highest BCUT2D eigenvalue weighted by molar-refractivity contribution is 6.37. The fraction of sp³-hybridized carbons (Fsp3) is 0. The Morgan fingerprint density at radius 2 is 1.15 bits per heavy atom. The van der Waals surface area contributed by atoms with Gasteiger partial charge in [0.25, 0.3) is 11.4 Å². The summed E-state index contributed by atoms with van der Waals surface area (Å²) in [6.07, 6.45) is 0. The van der Waals surface area contributed by atoms with Gasteiger partial charge in [-0.3, -0.25) is 41.2 Å². The van der Waals surface area contributed by atoms with Crippen molar-refractivity contribution in [2.75, 3.05) is 10.9 Å². The number of benzene rings is 2. The van der Waals surface area contributed by atoms with Crippen molar-refractivity contribution in [3.05, 3.63) is 69.7 Å². The number of anilines is 2. The Kier molecular flexibility index (Phi) is 5.65. The van der Waals surface area contributed by atoms with Crippen LogP contribution in [0, 0.1) is 30.3 Å². The first-order chi connectivity index (χ1) is 12.1. The normalized spacial score (nSPS) is 10.3. The molecule has 0 fully saturated rings. The first-order valence-corrected chi connectivity index (χ1v) is 7.53. The number of nitrogens with zero attached hydrogens (tertiary/aromatic N) is 3. The summed E-state index contributed by atoms with van der Waals surface area (Å²) in [7, 11) is 0. The van der Waals surface area contributed by atoms with Crippen molar-refractivity contribution < 1.29 is 14.8 Å². The molecule has 0 bridgehead atoms. The van der Waals surface area contributed by atoms with Crippen molar-refractivity contribution in [2.45, 2.75) is 0 Å². The molecular weight excluding hydrogens is 417 g/mol. The second-order valence-electron chi connectivity index (χ2n) is 4.62. The van der Waals surface area contributed by atoms with E-state index in [1.807, 2.05) is 0 Å². The zero-order chi connectivity index (χ0) is 19.6. The molecule has 2 rings (SSSR count). The summed E-state index contributed by atoms with van der Waals surface area (Å²) in [5, 5.41) is 32.6. The summed E-state index contributed by atoms with van der Waals surface area (Å²) >= 11 is 17.5. The van der Waals surface area contributed by atoms with Gasteiger partial charge in [0.15, 0.2) is 11.4 Å². The summed E-state index contributed by atoms with van der Waals surface area (Å²) in [5.74, 6) is 0. The molecule has 0 aliphatic carbocycles. The van der Waals surface area contributed by atoms with Gasteiger partial charge in [0, 0.05) is 17.2 Å². The molecule has 0 unspecified atom stereocenters. The van der Waals surface area contributed by atoms with E-state index in [2.05, 4.69) is 10.9 Å². The van der Waals surface area contributed by atoms with Crippen molar-refractivity contribution in [2.24, 2.45) is 0 Å². The van der Waals surface area contributed by atoms with Crippen molar-refractivity contribution in [1.29, 1.82) is 0 Å². The molecule has 11 nitrogen and oxygen atoms in total. The second-order valence-corrected chi connectivity index (χ2v) is 5.88. The monoisotopic (exact) mass is 421 g/mol. The van der Waals surface area contributed by atoms with E-state index in [0.29, 0.717) is 6.07 Å². The molecule has 0 aromatic heterocycles. The van der Waals surface area contributed by atoms with Crippen LogP contribution in [0.3, 0.4) is 0 Å². The van der Waals surface area contributed by atoms with E-state index < -0.39 is 31.8 Å². The van der Waals surface area contributed by atoms with E-state index in [-0.39, 0.29) is 26.4 Å². The lowest BCUT2D eigenvalue weighted by Crippen LogP contribution is -2.13. The number of hydrogen-bond acceptors (Lipinski definition) is 8. The van der Waals surface area contributed by atoms with E-state index in [1.54, 1.807) is 0 Å². The van der Waals surface area contributed by atoms with Gasteiger partial charge < -0.3 is 0 Å². The molecule has 0 amide bonds. The van der Waals surface area contributed by atoms with Crippen LogP contribution in [-0.2, 0) is 0 Å². The first kappa shape index (κ1) is 19.4. The largest absolute Gasteiger partial charge is 0.302 e. The number of non-ortho nitro benzene ring substituents is 1. The third kappa shape index (κ3) is 4.02. The third-order valence-electron chi connectivity index (χ3n) is 3.01. The molecule has 0 aliphatic rings. The van der Waals surface area contributed by atoms with Gasteiger partial charge in [-0.05, 0) is 6.07 Å². The third-order valence-corrected chi connectivity index (χ3v) is 3.82. The molecule has 0 saturated heterocycles. The van der Waals surface area contributed by atoms with Crippen LogP contribution in [0.4, 0.5) is 28.4 Å². The van der Waals surface area contributed by atoms with Crippen LogP contribution in [0.25, 0.3) is 0 Å². The minimum Gasteiger partial charge on any atom is -0.293 e. The van der Waals surface area contributed by atoms with E-state index in [4.69, 9.17) is 34.8 Å². The minimum atomic E-state index is -0.902. The average molecular weight is 423 g/mol. The number of nitro benzene ring substituents is 3. The quantitative estimate of drug-likeness (QED) is 0.496. The van der Waals surface area contributed by atoms with Crippen LogP contribution >= 0.6 is 34.8 Å². The molecule has 0 spiro atoms. The molecule has 136 valence electrons. The Hall–Kier alpha value is -2.89. The molecule has 0 heterocycles. The maximum Gasteiger partial charge on any atom is 0.302 e. The molecule has 2 N–H and O–H groups in total. The zero-order valence-corrected chi connectivity index (χ0v) is 14.5. The van der Waals surface area contributed by atoms with Gasteiger partial charge in [-0.25, -0.2) is 0 Å². The van der Waals surface area contributed by atoms with Gasteiger partial charge in [-0.2, -0.15) is 0 Å². The fourth-order valence-electron chi connectivity index (χ4n) is 1.90. The SMILES string of the molecule is O=[N+]([O-])c1cc(Cl)c(NNc2c(Cl)cc(Cl)cc2[N+](=O)[O-])c([N+](=O)[O-])c1. The standard InChI is InChI=1S/C12H6Cl3N5O6/c13-5-1-7(14)11(9(2-5)19(23)24)16-17-12-8(15)3-6(18(21)22)4-10(12)20(25)26/h1-4,16-17H. The maximum absolute atomic E-state index is 11.2. The smallest absolute Gasteiger partial charge is 0.293 e. The van der Waals surface area contributed by atoms with E-state index in [1.165, 1.54) is 6.07 Å². The topological polar surface area (TPSA) is 153 Å². The molecule has 2 aromatic carbocycles. The zero-order valence-electron chi connectivity index (χ0n) is 12.2. The van der Waals surface area contributed by atoms with Crippen LogP contribution in [0.5, 0.6) is 0 Å². The lowest BCUT2D eigenvalue weighted by atomic mass is 10.2. The second kappa shape index (κ2) is 7.56. The summed E-state index contributed by atoms with van der Waals surface area (Å²) in [6.45, 7) is 0. The molecule has 2 aromatic rings.